The lowest BCUT2D eigenvalue weighted by Crippen LogP contribution is -3.00. The van der Waals surface area contributed by atoms with E-state index in [1.807, 2.05) is 0 Å². The second kappa shape index (κ2) is 15.6. The van der Waals surface area contributed by atoms with E-state index in [1.54, 1.807) is 5.31 Å². The van der Waals surface area contributed by atoms with Gasteiger partial charge in [0.25, 0.3) is 0 Å². The molecule has 0 aliphatic heterocycles. The Kier molecular flexibility index (Phi) is 15.4. The zero-order valence-corrected chi connectivity index (χ0v) is 20.0. The van der Waals surface area contributed by atoms with Gasteiger partial charge in [-0.1, -0.05) is 82.5 Å². The van der Waals surface area contributed by atoms with Gasteiger partial charge in [0.1, 0.15) is 0 Å². The highest BCUT2D eigenvalue weighted by Crippen LogP contribution is 2.70. The van der Waals surface area contributed by atoms with E-state index in [9.17, 15) is 0 Å². The SMILES string of the molecule is CC=CCC=C(c1ccccc1)[P+](CCCC)(CCCC)CCCC.[Br-]. The van der Waals surface area contributed by atoms with Gasteiger partial charge < -0.3 is 17.0 Å². The Bertz CT molecular complexity index is 482. The van der Waals surface area contributed by atoms with Crippen molar-refractivity contribution in [2.75, 3.05) is 18.5 Å². The summed E-state index contributed by atoms with van der Waals surface area (Å²) in [6.07, 6.45) is 20.6. The number of hydrogen-bond acceptors (Lipinski definition) is 0. The fraction of sp³-hybridized carbons (Fsp3) is 0.583. The molecule has 0 aliphatic carbocycles. The molecule has 0 saturated carbocycles. The van der Waals surface area contributed by atoms with E-state index in [2.05, 4.69) is 76.3 Å². The minimum Gasteiger partial charge on any atom is -1.00 e. The van der Waals surface area contributed by atoms with Crippen LogP contribution in [0.15, 0.2) is 48.6 Å². The summed E-state index contributed by atoms with van der Waals surface area (Å²) in [5.74, 6) is 0. The van der Waals surface area contributed by atoms with Crippen LogP contribution in [-0.2, 0) is 0 Å². The van der Waals surface area contributed by atoms with Crippen LogP contribution in [0.5, 0.6) is 0 Å². The third kappa shape index (κ3) is 8.53. The molecule has 0 unspecified atom stereocenters. The zero-order chi connectivity index (χ0) is 18.4. The molecule has 1 aromatic carbocycles. The molecule has 148 valence electrons. The highest BCUT2D eigenvalue weighted by Gasteiger charge is 2.40. The Labute approximate surface area is 174 Å². The van der Waals surface area contributed by atoms with Gasteiger partial charge in [-0.3, -0.25) is 0 Å². The first-order chi connectivity index (χ1) is 12.2. The summed E-state index contributed by atoms with van der Waals surface area (Å²) < 4.78 is 0. The second-order valence-corrected chi connectivity index (χ2v) is 11.3. The Balaban J connectivity index is 0.00000625. The number of allylic oxidation sites excluding steroid dienone is 3. The third-order valence-corrected chi connectivity index (χ3v) is 10.1. The van der Waals surface area contributed by atoms with Crippen molar-refractivity contribution in [1.29, 1.82) is 0 Å². The van der Waals surface area contributed by atoms with Crippen molar-refractivity contribution >= 4 is 12.6 Å². The molecule has 0 nitrogen and oxygen atoms in total. The Hall–Kier alpha value is -0.390. The lowest BCUT2D eigenvalue weighted by Gasteiger charge is -2.30. The summed E-state index contributed by atoms with van der Waals surface area (Å²) in [5, 5.41) is 1.72. The fourth-order valence-corrected chi connectivity index (χ4v) is 8.94. The number of rotatable bonds is 13. The normalized spacial score (nSPS) is 12.4. The molecular weight excluding hydrogens is 399 g/mol. The van der Waals surface area contributed by atoms with Gasteiger partial charge in [0.05, 0.1) is 23.8 Å². The van der Waals surface area contributed by atoms with Crippen LogP contribution in [0.3, 0.4) is 0 Å². The van der Waals surface area contributed by atoms with Gasteiger partial charge in [-0.15, -0.1) is 0 Å². The monoisotopic (exact) mass is 438 g/mol. The molecule has 0 fully saturated rings. The van der Waals surface area contributed by atoms with Crippen molar-refractivity contribution in [2.24, 2.45) is 0 Å². The zero-order valence-electron chi connectivity index (χ0n) is 17.5. The number of halogens is 1. The van der Waals surface area contributed by atoms with Gasteiger partial charge in [-0.2, -0.15) is 0 Å². The smallest absolute Gasteiger partial charge is 0.0974 e. The molecule has 0 aliphatic rings. The van der Waals surface area contributed by atoms with Crippen LogP contribution in [0.4, 0.5) is 0 Å². The second-order valence-electron chi connectivity index (χ2n) is 7.14. The molecule has 2 heteroatoms. The molecule has 26 heavy (non-hydrogen) atoms. The number of hydrogen-bond donors (Lipinski definition) is 0. The van der Waals surface area contributed by atoms with E-state index in [0.29, 0.717) is 0 Å². The first-order valence-corrected chi connectivity index (χ1v) is 12.8. The summed E-state index contributed by atoms with van der Waals surface area (Å²) >= 11 is 0. The quantitative estimate of drug-likeness (QED) is 0.285. The maximum Gasteiger partial charge on any atom is 0.0974 e. The Morgan fingerprint density at radius 2 is 1.35 bits per heavy atom. The predicted octanol–water partition coefficient (Wildman–Crippen LogP) is 5.42. The first-order valence-electron chi connectivity index (χ1n) is 10.5. The summed E-state index contributed by atoms with van der Waals surface area (Å²) in [5.41, 5.74) is 1.49. The van der Waals surface area contributed by atoms with Crippen molar-refractivity contribution < 1.29 is 17.0 Å². The van der Waals surface area contributed by atoms with Gasteiger partial charge in [-0.25, -0.2) is 0 Å². The third-order valence-electron chi connectivity index (χ3n) is 5.08. The fourth-order valence-electron chi connectivity index (χ4n) is 3.59. The topological polar surface area (TPSA) is 0 Å². The van der Waals surface area contributed by atoms with Gasteiger partial charge in [0, 0.05) is 12.8 Å². The molecule has 0 aromatic heterocycles. The molecule has 0 saturated heterocycles. The van der Waals surface area contributed by atoms with Crippen LogP contribution >= 0.6 is 7.26 Å². The number of unbranched alkanes of at least 4 members (excludes halogenated alkanes) is 3. The largest absolute Gasteiger partial charge is 1.00 e. The van der Waals surface area contributed by atoms with Gasteiger partial charge >= 0.3 is 0 Å². The van der Waals surface area contributed by atoms with Crippen molar-refractivity contribution in [3.05, 3.63) is 54.1 Å². The lowest BCUT2D eigenvalue weighted by atomic mass is 10.2. The van der Waals surface area contributed by atoms with Crippen molar-refractivity contribution in [1.82, 2.24) is 0 Å². The van der Waals surface area contributed by atoms with Crippen LogP contribution in [0.25, 0.3) is 5.31 Å². The first kappa shape index (κ1) is 25.6. The van der Waals surface area contributed by atoms with Gasteiger partial charge in [0.2, 0.25) is 0 Å². The van der Waals surface area contributed by atoms with E-state index in [4.69, 9.17) is 0 Å². The molecule has 0 heterocycles. The molecule has 0 spiro atoms. The molecule has 0 radical (unpaired) electrons. The molecule has 0 N–H and O–H groups in total. The maximum absolute atomic E-state index is 2.57. The summed E-state index contributed by atoms with van der Waals surface area (Å²) in [4.78, 5) is 0. The van der Waals surface area contributed by atoms with Crippen LogP contribution in [-0.4, -0.2) is 18.5 Å². The molecular formula is C24H40BrP. The summed E-state index contributed by atoms with van der Waals surface area (Å²) in [7, 11) is -1.09. The van der Waals surface area contributed by atoms with Crippen LogP contribution in [0, 0.1) is 0 Å². The molecule has 0 bridgehead atoms. The molecule has 1 aromatic rings. The van der Waals surface area contributed by atoms with Crippen molar-refractivity contribution in [3.63, 3.8) is 0 Å². The van der Waals surface area contributed by atoms with E-state index in [-0.39, 0.29) is 17.0 Å². The van der Waals surface area contributed by atoms with E-state index in [0.717, 1.165) is 6.42 Å². The summed E-state index contributed by atoms with van der Waals surface area (Å²) in [6, 6.07) is 11.3. The van der Waals surface area contributed by atoms with Crippen molar-refractivity contribution in [2.45, 2.75) is 72.6 Å². The minimum atomic E-state index is -1.09. The standard InChI is InChI=1S/C24H40P.BrH/c1-5-9-14-19-24(23-17-15-13-16-18-23)25(20-10-6-2,21-11-7-3)22-12-8-4;/h5,9,13,15-19H,6-8,10-12,14,20-22H2,1-4H3;1H/q+1;/p-1. The average Bonchev–Trinajstić information content (AvgIpc) is 2.66. The minimum absolute atomic E-state index is 0. The predicted molar refractivity (Wildman–Crippen MR) is 120 cm³/mol. The van der Waals surface area contributed by atoms with E-state index < -0.39 is 7.26 Å². The average molecular weight is 439 g/mol. The molecule has 0 amide bonds. The van der Waals surface area contributed by atoms with Gasteiger partial charge in [0.15, 0.2) is 0 Å². The highest BCUT2D eigenvalue weighted by molar-refractivity contribution is 7.85. The number of benzene rings is 1. The van der Waals surface area contributed by atoms with E-state index in [1.165, 1.54) is 62.6 Å². The van der Waals surface area contributed by atoms with Crippen LogP contribution in [0.2, 0.25) is 0 Å². The Morgan fingerprint density at radius 1 is 0.846 bits per heavy atom. The summed E-state index contributed by atoms with van der Waals surface area (Å²) in [6.45, 7) is 9.17. The van der Waals surface area contributed by atoms with Gasteiger partial charge in [-0.05, 0) is 38.7 Å². The van der Waals surface area contributed by atoms with Crippen molar-refractivity contribution in [3.8, 4) is 0 Å². The lowest BCUT2D eigenvalue weighted by molar-refractivity contribution is -0.00000544. The van der Waals surface area contributed by atoms with E-state index >= 15 is 0 Å². The highest BCUT2D eigenvalue weighted by atomic mass is 79.9. The van der Waals surface area contributed by atoms with Crippen LogP contribution < -0.4 is 17.0 Å². The Morgan fingerprint density at radius 3 is 1.77 bits per heavy atom. The molecule has 0 atom stereocenters. The maximum atomic E-state index is 2.57. The van der Waals surface area contributed by atoms with Crippen LogP contribution in [0.1, 0.15) is 78.2 Å². The molecule has 1 rings (SSSR count).